The van der Waals surface area contributed by atoms with Gasteiger partial charge in [0.2, 0.25) is 5.95 Å². The molecular weight excluding hydrogens is 216 g/mol. The molecule has 1 aliphatic heterocycles. The van der Waals surface area contributed by atoms with E-state index in [0.29, 0.717) is 12.0 Å². The van der Waals surface area contributed by atoms with Gasteiger partial charge in [-0.1, -0.05) is 0 Å². The third-order valence-corrected chi connectivity index (χ3v) is 2.92. The summed E-state index contributed by atoms with van der Waals surface area (Å²) in [7, 11) is 0. The van der Waals surface area contributed by atoms with Gasteiger partial charge < -0.3 is 15.0 Å². The van der Waals surface area contributed by atoms with Crippen LogP contribution in [0.15, 0.2) is 6.20 Å². The lowest BCUT2D eigenvalue weighted by atomic mass is 10.2. The number of aryl methyl sites for hydroxylation is 1. The Labute approximate surface area is 102 Å². The number of aromatic nitrogens is 2. The van der Waals surface area contributed by atoms with Crippen molar-refractivity contribution in [2.75, 3.05) is 36.5 Å². The lowest BCUT2D eigenvalue weighted by molar-refractivity contribution is 0.0985. The summed E-state index contributed by atoms with van der Waals surface area (Å²) in [6.45, 7) is 9.51. The molecule has 1 saturated heterocycles. The molecule has 2 rings (SSSR count). The smallest absolute Gasteiger partial charge is 0.224 e. The normalized spacial score (nSPS) is 20.4. The number of nitrogens with zero attached hydrogens (tertiary/aromatic N) is 3. The van der Waals surface area contributed by atoms with Crippen LogP contribution in [0.3, 0.4) is 0 Å². The van der Waals surface area contributed by atoms with Gasteiger partial charge in [-0.3, -0.25) is 0 Å². The summed E-state index contributed by atoms with van der Waals surface area (Å²) < 4.78 is 5.45. The highest BCUT2D eigenvalue weighted by Gasteiger charge is 2.22. The Morgan fingerprint density at radius 2 is 2.41 bits per heavy atom. The Bertz CT molecular complexity index is 383. The molecule has 0 spiro atoms. The standard InChI is InChI=1S/C12H20N4O/c1-4-13-12-14-7-9(2)11(15-12)16-5-6-17-8-10(16)3/h7,10H,4-6,8H2,1-3H3,(H,13,14,15). The summed E-state index contributed by atoms with van der Waals surface area (Å²) in [5.74, 6) is 1.72. The first-order valence-corrected chi connectivity index (χ1v) is 6.14. The van der Waals surface area contributed by atoms with E-state index >= 15 is 0 Å². The molecule has 1 N–H and O–H groups in total. The van der Waals surface area contributed by atoms with Gasteiger partial charge in [-0.25, -0.2) is 4.98 Å². The van der Waals surface area contributed by atoms with Gasteiger partial charge >= 0.3 is 0 Å². The summed E-state index contributed by atoms with van der Waals surface area (Å²) >= 11 is 0. The van der Waals surface area contributed by atoms with Crippen molar-refractivity contribution in [2.45, 2.75) is 26.8 Å². The van der Waals surface area contributed by atoms with E-state index in [0.717, 1.165) is 37.7 Å². The van der Waals surface area contributed by atoms with Crippen LogP contribution >= 0.6 is 0 Å². The number of nitrogens with one attached hydrogen (secondary N) is 1. The maximum atomic E-state index is 5.45. The Morgan fingerprint density at radius 1 is 1.59 bits per heavy atom. The predicted octanol–water partition coefficient (Wildman–Crippen LogP) is 1.44. The van der Waals surface area contributed by atoms with E-state index in [4.69, 9.17) is 4.74 Å². The van der Waals surface area contributed by atoms with Crippen LogP contribution in [0, 0.1) is 6.92 Å². The van der Waals surface area contributed by atoms with Gasteiger partial charge in [0.25, 0.3) is 0 Å². The van der Waals surface area contributed by atoms with Crippen molar-refractivity contribution in [3.63, 3.8) is 0 Å². The van der Waals surface area contributed by atoms with E-state index < -0.39 is 0 Å². The van der Waals surface area contributed by atoms with E-state index in [1.54, 1.807) is 0 Å². The lowest BCUT2D eigenvalue weighted by Crippen LogP contribution is -2.44. The molecule has 1 aromatic rings. The predicted molar refractivity (Wildman–Crippen MR) is 68.6 cm³/mol. The second-order valence-corrected chi connectivity index (χ2v) is 4.35. The van der Waals surface area contributed by atoms with Gasteiger partial charge in [0, 0.05) is 24.8 Å². The topological polar surface area (TPSA) is 50.3 Å². The molecule has 0 radical (unpaired) electrons. The Hall–Kier alpha value is -1.36. The third-order valence-electron chi connectivity index (χ3n) is 2.92. The Kier molecular flexibility index (Phi) is 3.78. The molecule has 1 fully saturated rings. The van der Waals surface area contributed by atoms with Crippen LogP contribution in [-0.4, -0.2) is 42.3 Å². The molecule has 0 aromatic carbocycles. The highest BCUT2D eigenvalue weighted by Crippen LogP contribution is 2.22. The molecule has 1 atom stereocenters. The molecule has 17 heavy (non-hydrogen) atoms. The number of morpholine rings is 1. The minimum atomic E-state index is 0.367. The van der Waals surface area contributed by atoms with Crippen molar-refractivity contribution in [1.29, 1.82) is 0 Å². The van der Waals surface area contributed by atoms with Gasteiger partial charge in [-0.05, 0) is 20.8 Å². The first kappa shape index (κ1) is 12.1. The summed E-state index contributed by atoms with van der Waals surface area (Å²) in [6, 6.07) is 0.367. The number of ether oxygens (including phenoxy) is 1. The Morgan fingerprint density at radius 3 is 3.12 bits per heavy atom. The minimum absolute atomic E-state index is 0.367. The maximum absolute atomic E-state index is 5.45. The number of hydrogen-bond acceptors (Lipinski definition) is 5. The SMILES string of the molecule is CCNc1ncc(C)c(N2CCOCC2C)n1. The molecule has 5 heteroatoms. The first-order chi connectivity index (χ1) is 8.22. The van der Waals surface area contributed by atoms with Gasteiger partial charge in [0.05, 0.1) is 19.3 Å². The van der Waals surface area contributed by atoms with Crippen LogP contribution in [-0.2, 0) is 4.74 Å². The summed E-state index contributed by atoms with van der Waals surface area (Å²) in [6.07, 6.45) is 1.88. The Balaban J connectivity index is 2.25. The highest BCUT2D eigenvalue weighted by molar-refractivity contribution is 5.50. The van der Waals surface area contributed by atoms with Crippen LogP contribution in [0.25, 0.3) is 0 Å². The van der Waals surface area contributed by atoms with Crippen LogP contribution in [0.5, 0.6) is 0 Å². The molecule has 0 aliphatic carbocycles. The second kappa shape index (κ2) is 5.31. The molecular formula is C12H20N4O. The fourth-order valence-corrected chi connectivity index (χ4v) is 2.01. The van der Waals surface area contributed by atoms with Crippen LogP contribution in [0.1, 0.15) is 19.4 Å². The van der Waals surface area contributed by atoms with Crippen molar-refractivity contribution in [1.82, 2.24) is 9.97 Å². The zero-order valence-corrected chi connectivity index (χ0v) is 10.7. The third kappa shape index (κ3) is 2.66. The average Bonchev–Trinajstić information content (AvgIpc) is 2.33. The average molecular weight is 236 g/mol. The summed E-state index contributed by atoms with van der Waals surface area (Å²) in [5.41, 5.74) is 1.11. The summed E-state index contributed by atoms with van der Waals surface area (Å²) in [5, 5.41) is 3.15. The molecule has 0 bridgehead atoms. The molecule has 0 amide bonds. The van der Waals surface area contributed by atoms with Gasteiger partial charge in [0.1, 0.15) is 5.82 Å². The van der Waals surface area contributed by atoms with Crippen molar-refractivity contribution in [3.8, 4) is 0 Å². The monoisotopic (exact) mass is 236 g/mol. The zero-order valence-electron chi connectivity index (χ0n) is 10.7. The van der Waals surface area contributed by atoms with E-state index in [1.807, 2.05) is 20.0 Å². The van der Waals surface area contributed by atoms with Crippen molar-refractivity contribution >= 4 is 11.8 Å². The van der Waals surface area contributed by atoms with E-state index in [1.165, 1.54) is 0 Å². The largest absolute Gasteiger partial charge is 0.377 e. The number of rotatable bonds is 3. The first-order valence-electron chi connectivity index (χ1n) is 6.14. The van der Waals surface area contributed by atoms with Gasteiger partial charge in [-0.15, -0.1) is 0 Å². The quantitative estimate of drug-likeness (QED) is 0.860. The summed E-state index contributed by atoms with van der Waals surface area (Å²) in [4.78, 5) is 11.1. The van der Waals surface area contributed by atoms with E-state index in [2.05, 4.69) is 27.1 Å². The number of anilines is 2. The van der Waals surface area contributed by atoms with Crippen LogP contribution in [0.2, 0.25) is 0 Å². The zero-order chi connectivity index (χ0) is 12.3. The molecule has 0 saturated carbocycles. The fraction of sp³-hybridized carbons (Fsp3) is 0.667. The van der Waals surface area contributed by atoms with E-state index in [-0.39, 0.29) is 0 Å². The lowest BCUT2D eigenvalue weighted by Gasteiger charge is -2.35. The number of hydrogen-bond donors (Lipinski definition) is 1. The highest BCUT2D eigenvalue weighted by atomic mass is 16.5. The van der Waals surface area contributed by atoms with Crippen LogP contribution < -0.4 is 10.2 Å². The van der Waals surface area contributed by atoms with Gasteiger partial charge in [0.15, 0.2) is 0 Å². The van der Waals surface area contributed by atoms with Crippen molar-refractivity contribution in [3.05, 3.63) is 11.8 Å². The molecule has 5 nitrogen and oxygen atoms in total. The van der Waals surface area contributed by atoms with Crippen molar-refractivity contribution in [2.24, 2.45) is 0 Å². The molecule has 94 valence electrons. The van der Waals surface area contributed by atoms with Crippen LogP contribution in [0.4, 0.5) is 11.8 Å². The molecule has 1 aliphatic rings. The maximum Gasteiger partial charge on any atom is 0.224 e. The molecule has 2 heterocycles. The minimum Gasteiger partial charge on any atom is -0.377 e. The molecule has 1 aromatic heterocycles. The van der Waals surface area contributed by atoms with E-state index in [9.17, 15) is 0 Å². The fourth-order valence-electron chi connectivity index (χ4n) is 2.01. The second-order valence-electron chi connectivity index (χ2n) is 4.35. The van der Waals surface area contributed by atoms with Gasteiger partial charge in [-0.2, -0.15) is 4.98 Å². The van der Waals surface area contributed by atoms with Crippen molar-refractivity contribution < 1.29 is 4.74 Å². The molecule has 1 unspecified atom stereocenters.